The zero-order valence-electron chi connectivity index (χ0n) is 17.9. The highest BCUT2D eigenvalue weighted by Crippen LogP contribution is 2.34. The van der Waals surface area contributed by atoms with Crippen molar-refractivity contribution in [2.45, 2.75) is 17.4 Å². The third-order valence-corrected chi connectivity index (χ3v) is 8.88. The van der Waals surface area contributed by atoms with Gasteiger partial charge in [0.1, 0.15) is 25.5 Å². The van der Waals surface area contributed by atoms with Crippen LogP contribution in [0.15, 0.2) is 47.4 Å². The second-order valence-corrected chi connectivity index (χ2v) is 11.8. The number of amides is 1. The minimum Gasteiger partial charge on any atom is -0.497 e. The number of sulfonamides is 1. The molecule has 178 valence electrons. The van der Waals surface area contributed by atoms with E-state index in [1.54, 1.807) is 12.1 Å². The SMILES string of the molecule is COc1ccc(N(CC(=O)N[C@@H]2CCS(=O)(=O)C2)S(=O)(=O)c2ccc3c(c2)OCCO3)cc1. The van der Waals surface area contributed by atoms with E-state index in [0.717, 1.165) is 4.31 Å². The number of hydrogen-bond donors (Lipinski definition) is 1. The number of ether oxygens (including phenoxy) is 3. The van der Waals surface area contributed by atoms with Gasteiger partial charge >= 0.3 is 0 Å². The van der Waals surface area contributed by atoms with Crippen LogP contribution >= 0.6 is 0 Å². The highest BCUT2D eigenvalue weighted by molar-refractivity contribution is 7.93. The lowest BCUT2D eigenvalue weighted by Crippen LogP contribution is -2.44. The van der Waals surface area contributed by atoms with E-state index in [0.29, 0.717) is 36.9 Å². The average molecular weight is 497 g/mol. The molecule has 1 N–H and O–H groups in total. The van der Waals surface area contributed by atoms with Crippen molar-refractivity contribution in [3.8, 4) is 17.2 Å². The van der Waals surface area contributed by atoms with Crippen LogP contribution < -0.4 is 23.8 Å². The number of carbonyl (C=O) groups is 1. The van der Waals surface area contributed by atoms with E-state index >= 15 is 0 Å². The molecule has 0 aliphatic carbocycles. The summed E-state index contributed by atoms with van der Waals surface area (Å²) in [6, 6.07) is 9.95. The summed E-state index contributed by atoms with van der Waals surface area (Å²) in [6.07, 6.45) is 0.297. The molecule has 1 atom stereocenters. The van der Waals surface area contributed by atoms with Crippen molar-refractivity contribution in [3.63, 3.8) is 0 Å². The average Bonchev–Trinajstić information content (AvgIpc) is 3.15. The summed E-state index contributed by atoms with van der Waals surface area (Å²) in [7, 11) is -5.89. The summed E-state index contributed by atoms with van der Waals surface area (Å²) in [4.78, 5) is 12.7. The minimum absolute atomic E-state index is 0.00433. The van der Waals surface area contributed by atoms with Crippen molar-refractivity contribution in [3.05, 3.63) is 42.5 Å². The number of methoxy groups -OCH3 is 1. The predicted octanol–water partition coefficient (Wildman–Crippen LogP) is 0.965. The number of sulfone groups is 1. The minimum atomic E-state index is -4.18. The molecule has 1 saturated heterocycles. The molecule has 1 fully saturated rings. The van der Waals surface area contributed by atoms with Crippen molar-refractivity contribution in [1.82, 2.24) is 5.32 Å². The molecule has 2 heterocycles. The van der Waals surface area contributed by atoms with Crippen molar-refractivity contribution in [1.29, 1.82) is 0 Å². The van der Waals surface area contributed by atoms with Gasteiger partial charge in [-0.25, -0.2) is 16.8 Å². The molecule has 12 heteroatoms. The third-order valence-electron chi connectivity index (χ3n) is 5.35. The Morgan fingerprint density at radius 1 is 1.12 bits per heavy atom. The number of nitrogens with one attached hydrogen (secondary N) is 1. The molecule has 0 unspecified atom stereocenters. The lowest BCUT2D eigenvalue weighted by Gasteiger charge is -2.26. The predicted molar refractivity (Wildman–Crippen MR) is 120 cm³/mol. The first-order chi connectivity index (χ1) is 15.7. The molecule has 2 aromatic rings. The van der Waals surface area contributed by atoms with Crippen molar-refractivity contribution >= 4 is 31.5 Å². The molecule has 1 amide bonds. The van der Waals surface area contributed by atoms with E-state index in [-0.39, 0.29) is 22.1 Å². The summed E-state index contributed by atoms with van der Waals surface area (Å²) in [5.41, 5.74) is 0.250. The van der Waals surface area contributed by atoms with Crippen LogP contribution in [-0.2, 0) is 24.7 Å². The molecule has 33 heavy (non-hydrogen) atoms. The van der Waals surface area contributed by atoms with Gasteiger partial charge in [0.15, 0.2) is 21.3 Å². The van der Waals surface area contributed by atoms with Gasteiger partial charge in [0, 0.05) is 12.1 Å². The summed E-state index contributed by atoms with van der Waals surface area (Å²) in [5.74, 6) is 0.505. The van der Waals surface area contributed by atoms with Crippen molar-refractivity contribution < 1.29 is 35.8 Å². The van der Waals surface area contributed by atoms with Gasteiger partial charge in [-0.15, -0.1) is 0 Å². The van der Waals surface area contributed by atoms with Gasteiger partial charge < -0.3 is 19.5 Å². The van der Waals surface area contributed by atoms with E-state index < -0.39 is 38.4 Å². The van der Waals surface area contributed by atoms with Gasteiger partial charge in [-0.3, -0.25) is 9.10 Å². The lowest BCUT2D eigenvalue weighted by atomic mass is 10.2. The van der Waals surface area contributed by atoms with Crippen LogP contribution in [-0.4, -0.2) is 67.2 Å². The van der Waals surface area contributed by atoms with Crippen LogP contribution in [0.1, 0.15) is 6.42 Å². The fraction of sp³-hybridized carbons (Fsp3) is 0.381. The van der Waals surface area contributed by atoms with Gasteiger partial charge in [0.2, 0.25) is 5.91 Å². The number of fused-ring (bicyclic) bond motifs is 1. The van der Waals surface area contributed by atoms with Gasteiger partial charge in [0.05, 0.1) is 29.2 Å². The Kier molecular flexibility index (Phi) is 6.39. The summed E-state index contributed by atoms with van der Waals surface area (Å²) >= 11 is 0. The maximum absolute atomic E-state index is 13.6. The Balaban J connectivity index is 1.63. The van der Waals surface area contributed by atoms with E-state index in [2.05, 4.69) is 5.32 Å². The van der Waals surface area contributed by atoms with Crippen molar-refractivity contribution in [2.75, 3.05) is 42.7 Å². The summed E-state index contributed by atoms with van der Waals surface area (Å²) in [5, 5.41) is 2.64. The highest BCUT2D eigenvalue weighted by atomic mass is 32.2. The maximum Gasteiger partial charge on any atom is 0.264 e. The van der Waals surface area contributed by atoms with Crippen LogP contribution in [0.3, 0.4) is 0 Å². The molecule has 2 aliphatic rings. The Bertz CT molecular complexity index is 1240. The molecule has 4 rings (SSSR count). The normalized spacial score (nSPS) is 19.0. The molecule has 0 aromatic heterocycles. The van der Waals surface area contributed by atoms with Gasteiger partial charge in [0.25, 0.3) is 10.0 Å². The third kappa shape index (κ3) is 5.17. The maximum atomic E-state index is 13.6. The molecule has 2 aliphatic heterocycles. The summed E-state index contributed by atoms with van der Waals surface area (Å²) < 4.78 is 67.6. The summed E-state index contributed by atoms with van der Waals surface area (Å²) in [6.45, 7) is 0.138. The molecule has 2 aromatic carbocycles. The highest BCUT2D eigenvalue weighted by Gasteiger charge is 2.32. The molecular weight excluding hydrogens is 472 g/mol. The van der Waals surface area contributed by atoms with E-state index in [4.69, 9.17) is 14.2 Å². The second kappa shape index (κ2) is 9.10. The smallest absolute Gasteiger partial charge is 0.264 e. The van der Waals surface area contributed by atoms with Crippen molar-refractivity contribution in [2.24, 2.45) is 0 Å². The molecule has 10 nitrogen and oxygen atoms in total. The zero-order valence-corrected chi connectivity index (χ0v) is 19.5. The standard InChI is InChI=1S/C21H24N2O8S2/c1-29-17-4-2-16(3-5-17)23(13-21(24)22-15-8-11-32(25,26)14-15)33(27,28)18-6-7-19-20(12-18)31-10-9-30-19/h2-7,12,15H,8-11,13-14H2,1H3,(H,22,24)/t15-/m1/s1. The topological polar surface area (TPSA) is 128 Å². The first kappa shape index (κ1) is 23.2. The van der Waals surface area contributed by atoms with Gasteiger partial charge in [-0.2, -0.15) is 0 Å². The zero-order chi connectivity index (χ0) is 23.6. The number of rotatable bonds is 7. The molecule has 0 radical (unpaired) electrons. The number of benzene rings is 2. The molecule has 0 spiro atoms. The quantitative estimate of drug-likeness (QED) is 0.600. The Morgan fingerprint density at radius 3 is 2.45 bits per heavy atom. The van der Waals surface area contributed by atoms with Crippen LogP contribution in [0.4, 0.5) is 5.69 Å². The second-order valence-electron chi connectivity index (χ2n) is 7.68. The number of hydrogen-bond acceptors (Lipinski definition) is 8. The molecular formula is C21H24N2O8S2. The van der Waals surface area contributed by atoms with Crippen LogP contribution in [0.5, 0.6) is 17.2 Å². The van der Waals surface area contributed by atoms with E-state index in [9.17, 15) is 21.6 Å². The van der Waals surface area contributed by atoms with Gasteiger partial charge in [-0.05, 0) is 42.8 Å². The Morgan fingerprint density at radius 2 is 1.82 bits per heavy atom. The first-order valence-electron chi connectivity index (χ1n) is 10.2. The Hall–Kier alpha value is -2.99. The first-order valence-corrected chi connectivity index (χ1v) is 13.5. The Labute approximate surface area is 192 Å². The van der Waals surface area contributed by atoms with Crippen LogP contribution in [0.2, 0.25) is 0 Å². The molecule has 0 saturated carbocycles. The van der Waals surface area contributed by atoms with Gasteiger partial charge in [-0.1, -0.05) is 0 Å². The fourth-order valence-electron chi connectivity index (χ4n) is 3.69. The largest absolute Gasteiger partial charge is 0.497 e. The number of anilines is 1. The van der Waals surface area contributed by atoms with E-state index in [1.807, 2.05) is 0 Å². The monoisotopic (exact) mass is 496 g/mol. The van der Waals surface area contributed by atoms with E-state index in [1.165, 1.54) is 37.4 Å². The van der Waals surface area contributed by atoms with Crippen LogP contribution in [0, 0.1) is 0 Å². The fourth-order valence-corrected chi connectivity index (χ4v) is 6.80. The number of nitrogens with zero attached hydrogens (tertiary/aromatic N) is 1. The van der Waals surface area contributed by atoms with Crippen LogP contribution in [0.25, 0.3) is 0 Å². The molecule has 0 bridgehead atoms. The lowest BCUT2D eigenvalue weighted by molar-refractivity contribution is -0.120. The number of carbonyl (C=O) groups excluding carboxylic acids is 1.